The number of hydrogen-bond donors (Lipinski definition) is 0. The van der Waals surface area contributed by atoms with Crippen molar-refractivity contribution in [3.05, 3.63) is 35.9 Å². The largest absolute Gasteiger partial charge is 0.456 e. The first-order valence-corrected chi connectivity index (χ1v) is 9.17. The van der Waals surface area contributed by atoms with E-state index < -0.39 is 48.6 Å². The summed E-state index contributed by atoms with van der Waals surface area (Å²) in [6.45, 7) is 2.27. The average Bonchev–Trinajstić information content (AvgIpc) is 2.73. The van der Waals surface area contributed by atoms with E-state index in [-0.39, 0.29) is 13.2 Å². The predicted molar refractivity (Wildman–Crippen MR) is 97.3 cm³/mol. The van der Waals surface area contributed by atoms with Gasteiger partial charge in [0.05, 0.1) is 13.7 Å². The van der Waals surface area contributed by atoms with Gasteiger partial charge in [-0.25, -0.2) is 14.4 Å². The van der Waals surface area contributed by atoms with Crippen molar-refractivity contribution in [2.75, 3.05) is 13.7 Å². The molecule has 162 valence electrons. The minimum Gasteiger partial charge on any atom is -0.456 e. The number of rotatable bonds is 4. The van der Waals surface area contributed by atoms with Gasteiger partial charge in [0.15, 0.2) is 12.2 Å². The molecule has 1 aromatic carbocycles. The van der Waals surface area contributed by atoms with E-state index in [2.05, 4.69) is 0 Å². The van der Waals surface area contributed by atoms with Crippen LogP contribution in [0, 0.1) is 0 Å². The van der Waals surface area contributed by atoms with Crippen LogP contribution in [0.3, 0.4) is 0 Å². The number of piperidine rings is 1. The van der Waals surface area contributed by atoms with Crippen LogP contribution in [0.15, 0.2) is 30.3 Å². The van der Waals surface area contributed by atoms with Gasteiger partial charge >= 0.3 is 24.1 Å². The van der Waals surface area contributed by atoms with Crippen molar-refractivity contribution in [3.63, 3.8) is 0 Å². The third-order valence-electron chi connectivity index (χ3n) is 4.60. The van der Waals surface area contributed by atoms with E-state index in [4.69, 9.17) is 23.8 Å². The van der Waals surface area contributed by atoms with E-state index in [1.54, 1.807) is 24.3 Å². The van der Waals surface area contributed by atoms with Crippen molar-refractivity contribution < 1.29 is 43.0 Å². The Morgan fingerprint density at radius 1 is 1.00 bits per heavy atom. The summed E-state index contributed by atoms with van der Waals surface area (Å²) in [5, 5.41) is 0.903. The Kier molecular flexibility index (Phi) is 6.40. The molecular weight excluding hydrogens is 400 g/mol. The zero-order chi connectivity index (χ0) is 21.8. The number of hydrogen-bond acceptors (Lipinski definition) is 9. The summed E-state index contributed by atoms with van der Waals surface area (Å²) in [6, 6.07) is 8.03. The highest BCUT2D eigenvalue weighted by Gasteiger charge is 2.60. The normalized spacial score (nSPS) is 24.8. The quantitative estimate of drug-likeness (QED) is 0.521. The number of esters is 2. The van der Waals surface area contributed by atoms with Gasteiger partial charge in [0.2, 0.25) is 6.23 Å². The molecule has 4 atom stereocenters. The van der Waals surface area contributed by atoms with Crippen LogP contribution in [0.25, 0.3) is 0 Å². The summed E-state index contributed by atoms with van der Waals surface area (Å²) >= 11 is 0. The molecule has 3 saturated heterocycles. The van der Waals surface area contributed by atoms with Crippen molar-refractivity contribution in [2.45, 2.75) is 44.9 Å². The van der Waals surface area contributed by atoms with Crippen molar-refractivity contribution in [2.24, 2.45) is 0 Å². The summed E-state index contributed by atoms with van der Waals surface area (Å²) in [5.74, 6) is -1.32. The highest BCUT2D eigenvalue weighted by Crippen LogP contribution is 2.35. The second kappa shape index (κ2) is 8.99. The minimum atomic E-state index is -1.25. The van der Waals surface area contributed by atoms with Crippen LogP contribution in [0.5, 0.6) is 0 Å². The Morgan fingerprint density at radius 2 is 1.63 bits per heavy atom. The van der Waals surface area contributed by atoms with Gasteiger partial charge in [-0.1, -0.05) is 30.3 Å². The molecule has 3 heterocycles. The van der Waals surface area contributed by atoms with E-state index >= 15 is 0 Å². The molecule has 3 fully saturated rings. The summed E-state index contributed by atoms with van der Waals surface area (Å²) in [5.41, 5.74) is 0.763. The van der Waals surface area contributed by atoms with Gasteiger partial charge in [0.1, 0.15) is 12.6 Å². The van der Waals surface area contributed by atoms with E-state index in [1.165, 1.54) is 21.0 Å². The summed E-state index contributed by atoms with van der Waals surface area (Å²) in [7, 11) is 1.18. The zero-order valence-electron chi connectivity index (χ0n) is 16.7. The van der Waals surface area contributed by atoms with Crippen LogP contribution in [0.2, 0.25) is 0 Å². The summed E-state index contributed by atoms with van der Waals surface area (Å²) < 4.78 is 20.6. The number of ether oxygens (including phenoxy) is 4. The van der Waals surface area contributed by atoms with E-state index in [0.29, 0.717) is 0 Å². The number of carbonyl (C=O) groups is 4. The topological polar surface area (TPSA) is 121 Å². The van der Waals surface area contributed by atoms with E-state index in [1.807, 2.05) is 6.07 Å². The van der Waals surface area contributed by atoms with Gasteiger partial charge in [-0.05, 0) is 5.56 Å². The number of carbonyl (C=O) groups excluding carboxylic acids is 4. The first kappa shape index (κ1) is 21.4. The molecule has 0 N–H and O–H groups in total. The van der Waals surface area contributed by atoms with Crippen molar-refractivity contribution >= 4 is 24.1 Å². The fourth-order valence-electron chi connectivity index (χ4n) is 3.40. The van der Waals surface area contributed by atoms with Gasteiger partial charge in [-0.15, -0.1) is 0 Å². The Balaban J connectivity index is 1.82. The minimum absolute atomic E-state index is 0.0107. The maximum atomic E-state index is 12.7. The number of amides is 2. The molecule has 30 heavy (non-hydrogen) atoms. The monoisotopic (exact) mass is 422 g/mol. The molecule has 0 aliphatic carbocycles. The zero-order valence-corrected chi connectivity index (χ0v) is 16.7. The maximum Gasteiger partial charge on any atom is 0.434 e. The number of nitrogens with zero attached hydrogens (tertiary/aromatic N) is 2. The first-order chi connectivity index (χ1) is 14.3. The Bertz CT molecular complexity index is 815. The van der Waals surface area contributed by atoms with Crippen LogP contribution in [-0.2, 0) is 40.0 Å². The fraction of sp³-hybridized carbons (Fsp3) is 0.474. The Hall–Kier alpha value is -3.34. The molecule has 3 aliphatic rings. The molecule has 3 aliphatic heterocycles. The Labute approximate surface area is 172 Å². The molecule has 11 heteroatoms. The van der Waals surface area contributed by atoms with Gasteiger partial charge in [-0.3, -0.25) is 14.5 Å². The van der Waals surface area contributed by atoms with Crippen molar-refractivity contribution in [3.8, 4) is 0 Å². The standard InChI is InChI=1S/C19H22N2O9/c1-11(22)28-15-14-9-20(18(24)26-3)17(16(15)29-12(2)23)30-21(14)19(25)27-10-13-7-5-4-6-8-13/h4-8,14-17H,9-10H2,1-3H3/t14-,15+,16+,17-/m1/s1. The van der Waals surface area contributed by atoms with E-state index in [0.717, 1.165) is 15.5 Å². The third kappa shape index (κ3) is 4.46. The smallest absolute Gasteiger partial charge is 0.434 e. The maximum absolute atomic E-state index is 12.7. The molecule has 4 rings (SSSR count). The lowest BCUT2D eigenvalue weighted by Gasteiger charge is -2.54. The summed E-state index contributed by atoms with van der Waals surface area (Å²) in [6.07, 6.45) is -5.05. The Morgan fingerprint density at radius 3 is 2.23 bits per heavy atom. The average molecular weight is 422 g/mol. The summed E-state index contributed by atoms with van der Waals surface area (Å²) in [4.78, 5) is 54.8. The highest BCUT2D eigenvalue weighted by atomic mass is 16.8. The number of benzene rings is 1. The number of methoxy groups -OCH3 is 1. The molecule has 0 radical (unpaired) electrons. The second-order valence-electron chi connectivity index (χ2n) is 6.70. The van der Waals surface area contributed by atoms with Crippen LogP contribution in [-0.4, -0.2) is 72.2 Å². The molecule has 0 aromatic heterocycles. The van der Waals surface area contributed by atoms with Gasteiger partial charge in [-0.2, -0.15) is 5.06 Å². The van der Waals surface area contributed by atoms with Crippen LogP contribution in [0.4, 0.5) is 9.59 Å². The number of hydroxylamine groups is 2. The fourth-order valence-corrected chi connectivity index (χ4v) is 3.40. The molecule has 2 bridgehead atoms. The molecule has 0 unspecified atom stereocenters. The van der Waals surface area contributed by atoms with Crippen LogP contribution < -0.4 is 0 Å². The van der Waals surface area contributed by atoms with Crippen LogP contribution >= 0.6 is 0 Å². The van der Waals surface area contributed by atoms with Gasteiger partial charge in [0, 0.05) is 13.8 Å². The molecule has 11 nitrogen and oxygen atoms in total. The number of fused-ring (bicyclic) bond motifs is 3. The molecule has 2 amide bonds. The van der Waals surface area contributed by atoms with E-state index in [9.17, 15) is 19.2 Å². The van der Waals surface area contributed by atoms with Crippen molar-refractivity contribution in [1.82, 2.24) is 9.96 Å². The van der Waals surface area contributed by atoms with Gasteiger partial charge in [0.25, 0.3) is 0 Å². The second-order valence-corrected chi connectivity index (χ2v) is 6.70. The van der Waals surface area contributed by atoms with Crippen LogP contribution in [0.1, 0.15) is 19.4 Å². The third-order valence-corrected chi connectivity index (χ3v) is 4.60. The van der Waals surface area contributed by atoms with Crippen molar-refractivity contribution in [1.29, 1.82) is 0 Å². The lowest BCUT2D eigenvalue weighted by atomic mass is 9.95. The molecular formula is C19H22N2O9. The molecule has 0 saturated carbocycles. The molecule has 1 aromatic rings. The predicted octanol–water partition coefficient (Wildman–Crippen LogP) is 1.21. The lowest BCUT2D eigenvalue weighted by Crippen LogP contribution is -2.75. The SMILES string of the molecule is COC(=O)N1C[C@@H]2[C@H](OC(C)=O)[C@H](OC(C)=O)[C@H]1ON2C(=O)OCc1ccccc1. The lowest BCUT2D eigenvalue weighted by molar-refractivity contribution is -0.350. The molecule has 0 spiro atoms. The van der Waals surface area contributed by atoms with Gasteiger partial charge < -0.3 is 18.9 Å². The first-order valence-electron chi connectivity index (χ1n) is 9.17. The highest BCUT2D eigenvalue weighted by molar-refractivity contribution is 5.72.